The molecular weight excluding hydrogens is 264 g/mol. The van der Waals surface area contributed by atoms with Crippen molar-refractivity contribution in [3.05, 3.63) is 35.9 Å². The highest BCUT2D eigenvalue weighted by Crippen LogP contribution is 2.32. The average Bonchev–Trinajstić information content (AvgIpc) is 3.15. The van der Waals surface area contributed by atoms with Gasteiger partial charge in [-0.25, -0.2) is 0 Å². The summed E-state index contributed by atoms with van der Waals surface area (Å²) < 4.78 is 5.50. The van der Waals surface area contributed by atoms with Gasteiger partial charge in [0.1, 0.15) is 6.17 Å². The van der Waals surface area contributed by atoms with Crippen LogP contribution >= 0.6 is 0 Å². The third kappa shape index (κ3) is 2.70. The van der Waals surface area contributed by atoms with E-state index >= 15 is 0 Å². The zero-order chi connectivity index (χ0) is 14.8. The topological polar surface area (TPSA) is 41.6 Å². The van der Waals surface area contributed by atoms with Crippen LogP contribution in [-0.2, 0) is 9.53 Å². The van der Waals surface area contributed by atoms with Crippen LogP contribution in [0.1, 0.15) is 38.4 Å². The van der Waals surface area contributed by atoms with Gasteiger partial charge in [-0.15, -0.1) is 0 Å². The minimum atomic E-state index is -0.0826. The number of nitrogens with zero attached hydrogens (tertiary/aromatic N) is 1. The van der Waals surface area contributed by atoms with E-state index in [1.165, 1.54) is 0 Å². The fourth-order valence-electron chi connectivity index (χ4n) is 3.28. The van der Waals surface area contributed by atoms with Crippen molar-refractivity contribution in [2.45, 2.75) is 44.9 Å². The van der Waals surface area contributed by atoms with Crippen LogP contribution in [0.25, 0.3) is 0 Å². The maximum absolute atomic E-state index is 12.9. The number of carbonyl (C=O) groups excluding carboxylic acids is 1. The minimum absolute atomic E-state index is 0.0237. The zero-order valence-electron chi connectivity index (χ0n) is 12.8. The highest BCUT2D eigenvalue weighted by atomic mass is 16.5. The van der Waals surface area contributed by atoms with Crippen molar-refractivity contribution in [3.63, 3.8) is 0 Å². The van der Waals surface area contributed by atoms with Gasteiger partial charge in [0.2, 0.25) is 5.91 Å². The molecule has 4 nitrogen and oxygen atoms in total. The van der Waals surface area contributed by atoms with Crippen molar-refractivity contribution >= 4 is 5.91 Å². The van der Waals surface area contributed by atoms with E-state index in [2.05, 4.69) is 31.3 Å². The molecule has 3 rings (SSSR count). The smallest absolute Gasteiger partial charge is 0.241 e. The lowest BCUT2D eigenvalue weighted by atomic mass is 9.99. The molecule has 4 unspecified atom stereocenters. The van der Waals surface area contributed by atoms with Gasteiger partial charge in [0.05, 0.1) is 18.7 Å². The van der Waals surface area contributed by atoms with Crippen LogP contribution in [0.2, 0.25) is 0 Å². The number of nitrogens with one attached hydrogen (secondary N) is 1. The molecule has 1 aromatic rings. The van der Waals surface area contributed by atoms with Gasteiger partial charge in [-0.3, -0.25) is 10.1 Å². The number of benzene rings is 1. The van der Waals surface area contributed by atoms with Gasteiger partial charge in [-0.05, 0) is 17.9 Å². The van der Waals surface area contributed by atoms with Gasteiger partial charge < -0.3 is 9.64 Å². The van der Waals surface area contributed by atoms with E-state index in [4.69, 9.17) is 4.74 Å². The fourth-order valence-corrected chi connectivity index (χ4v) is 3.28. The lowest BCUT2D eigenvalue weighted by Crippen LogP contribution is -2.41. The first kappa shape index (κ1) is 14.5. The van der Waals surface area contributed by atoms with Crippen LogP contribution in [0.5, 0.6) is 0 Å². The summed E-state index contributed by atoms with van der Waals surface area (Å²) >= 11 is 0. The summed E-state index contributed by atoms with van der Waals surface area (Å²) in [6, 6.07) is 10.4. The largest absolute Gasteiger partial charge is 0.379 e. The van der Waals surface area contributed by atoms with Crippen molar-refractivity contribution in [2.75, 3.05) is 13.2 Å². The predicted octanol–water partition coefficient (Wildman–Crippen LogP) is 2.32. The van der Waals surface area contributed by atoms with Gasteiger partial charge in [-0.1, -0.05) is 50.6 Å². The molecule has 2 aliphatic heterocycles. The summed E-state index contributed by atoms with van der Waals surface area (Å²) in [7, 11) is 0. The first-order chi connectivity index (χ1) is 10.2. The fraction of sp³-hybridized carbons (Fsp3) is 0.588. The van der Waals surface area contributed by atoms with E-state index in [9.17, 15) is 4.79 Å². The third-order valence-corrected chi connectivity index (χ3v) is 4.76. The molecule has 1 aromatic carbocycles. The highest BCUT2D eigenvalue weighted by molar-refractivity contribution is 5.85. The van der Waals surface area contributed by atoms with Crippen LogP contribution in [0.3, 0.4) is 0 Å². The number of hydrogen-bond donors (Lipinski definition) is 1. The Bertz CT molecular complexity index is 485. The summed E-state index contributed by atoms with van der Waals surface area (Å²) in [6.07, 6.45) is 1.91. The maximum Gasteiger partial charge on any atom is 0.241 e. The Morgan fingerprint density at radius 2 is 2.14 bits per heavy atom. The van der Waals surface area contributed by atoms with Crippen LogP contribution < -0.4 is 5.32 Å². The number of hydrogen-bond acceptors (Lipinski definition) is 3. The lowest BCUT2D eigenvalue weighted by Gasteiger charge is -2.29. The molecule has 1 amide bonds. The minimum Gasteiger partial charge on any atom is -0.379 e. The Kier molecular flexibility index (Phi) is 4.27. The molecule has 0 saturated carbocycles. The molecule has 4 heteroatoms. The number of ether oxygens (including phenoxy) is 1. The van der Waals surface area contributed by atoms with Crippen LogP contribution in [0, 0.1) is 5.92 Å². The number of amides is 1. The summed E-state index contributed by atoms with van der Waals surface area (Å²) in [4.78, 5) is 14.9. The summed E-state index contributed by atoms with van der Waals surface area (Å²) in [5.74, 6) is 0.574. The Morgan fingerprint density at radius 1 is 1.38 bits per heavy atom. The zero-order valence-corrected chi connectivity index (χ0v) is 12.8. The second kappa shape index (κ2) is 6.16. The molecule has 0 aromatic heterocycles. The van der Waals surface area contributed by atoms with Crippen LogP contribution in [-0.4, -0.2) is 36.1 Å². The molecule has 0 aliphatic carbocycles. The van der Waals surface area contributed by atoms with Gasteiger partial charge in [0.25, 0.3) is 0 Å². The molecule has 2 aliphatic rings. The number of carbonyl (C=O) groups is 1. The molecule has 2 saturated heterocycles. The molecule has 4 atom stereocenters. The monoisotopic (exact) mass is 288 g/mol. The second-order valence-corrected chi connectivity index (χ2v) is 6.11. The summed E-state index contributed by atoms with van der Waals surface area (Å²) in [5.41, 5.74) is 1.16. The lowest BCUT2D eigenvalue weighted by molar-refractivity contribution is -0.133. The first-order valence-electron chi connectivity index (χ1n) is 7.93. The van der Waals surface area contributed by atoms with Crippen molar-refractivity contribution in [2.24, 2.45) is 5.92 Å². The van der Waals surface area contributed by atoms with E-state index in [0.29, 0.717) is 12.5 Å². The van der Waals surface area contributed by atoms with Gasteiger partial charge >= 0.3 is 0 Å². The predicted molar refractivity (Wildman–Crippen MR) is 81.6 cm³/mol. The first-order valence-corrected chi connectivity index (χ1v) is 7.93. The summed E-state index contributed by atoms with van der Waals surface area (Å²) in [6.45, 7) is 5.69. The quantitative estimate of drug-likeness (QED) is 0.924. The molecule has 114 valence electrons. The Labute approximate surface area is 126 Å². The second-order valence-electron chi connectivity index (χ2n) is 6.11. The summed E-state index contributed by atoms with van der Waals surface area (Å²) in [5, 5.41) is 3.56. The van der Waals surface area contributed by atoms with E-state index in [1.807, 2.05) is 23.1 Å². The van der Waals surface area contributed by atoms with E-state index in [1.54, 1.807) is 0 Å². The van der Waals surface area contributed by atoms with E-state index in [-0.39, 0.29) is 24.2 Å². The normalized spacial score (nSPS) is 30.9. The maximum atomic E-state index is 12.9. The van der Waals surface area contributed by atoms with Crippen molar-refractivity contribution in [1.82, 2.24) is 10.2 Å². The molecule has 0 bridgehead atoms. The molecule has 21 heavy (non-hydrogen) atoms. The number of rotatable bonds is 4. The van der Waals surface area contributed by atoms with Crippen LogP contribution in [0.15, 0.2) is 30.3 Å². The molecule has 0 spiro atoms. The standard InChI is InChI=1S/C17H24N2O2/c1-3-12(2)15-17(20)19(14-9-10-21-11-14)16(18-15)13-7-5-4-6-8-13/h4-8,12,14-16,18H,3,9-11H2,1-2H3. The van der Waals surface area contributed by atoms with E-state index < -0.39 is 0 Å². The highest BCUT2D eigenvalue weighted by Gasteiger charge is 2.45. The Hall–Kier alpha value is -1.39. The molecule has 0 radical (unpaired) electrons. The van der Waals surface area contributed by atoms with Crippen molar-refractivity contribution < 1.29 is 9.53 Å². The molecule has 1 N–H and O–H groups in total. The molecular formula is C17H24N2O2. The Morgan fingerprint density at radius 3 is 2.76 bits per heavy atom. The average molecular weight is 288 g/mol. The third-order valence-electron chi connectivity index (χ3n) is 4.76. The molecule has 2 fully saturated rings. The van der Waals surface area contributed by atoms with Crippen LogP contribution in [0.4, 0.5) is 0 Å². The van der Waals surface area contributed by atoms with Crippen molar-refractivity contribution in [1.29, 1.82) is 0 Å². The van der Waals surface area contributed by atoms with E-state index in [0.717, 1.165) is 25.0 Å². The Balaban J connectivity index is 1.90. The van der Waals surface area contributed by atoms with Gasteiger partial charge in [-0.2, -0.15) is 0 Å². The van der Waals surface area contributed by atoms with Gasteiger partial charge in [0.15, 0.2) is 0 Å². The SMILES string of the molecule is CCC(C)C1NC(c2ccccc2)N(C2CCOC2)C1=O. The molecule has 2 heterocycles. The van der Waals surface area contributed by atoms with Gasteiger partial charge in [0, 0.05) is 6.61 Å². The van der Waals surface area contributed by atoms with Crippen molar-refractivity contribution in [3.8, 4) is 0 Å².